The lowest BCUT2D eigenvalue weighted by Crippen LogP contribution is -2.39. The van der Waals surface area contributed by atoms with Crippen molar-refractivity contribution in [1.29, 1.82) is 0 Å². The third kappa shape index (κ3) is 5.07. The number of aliphatic hydroxyl groups excluding tert-OH is 1. The molecule has 0 spiro atoms. The molecule has 4 rings (SSSR count). The maximum Gasteiger partial charge on any atom is 0.295 e. The van der Waals surface area contributed by atoms with Gasteiger partial charge in [-0.05, 0) is 37.1 Å². The van der Waals surface area contributed by atoms with Crippen molar-refractivity contribution in [2.24, 2.45) is 0 Å². The minimum atomic E-state index is -0.695. The zero-order valence-corrected chi connectivity index (χ0v) is 18.8. The second-order valence-corrected chi connectivity index (χ2v) is 8.05. The predicted molar refractivity (Wildman–Crippen MR) is 123 cm³/mol. The Hall–Kier alpha value is -3.23. The van der Waals surface area contributed by atoms with Crippen LogP contribution in [0.4, 0.5) is 0 Å². The first-order valence-corrected chi connectivity index (χ1v) is 11.3. The molecule has 2 aromatic rings. The predicted octanol–water partition coefficient (Wildman–Crippen LogP) is 2.62. The van der Waals surface area contributed by atoms with Gasteiger partial charge in [-0.2, -0.15) is 0 Å². The molecular formula is C25H29N3O5. The van der Waals surface area contributed by atoms with E-state index < -0.39 is 17.7 Å². The first-order chi connectivity index (χ1) is 16.1. The van der Waals surface area contributed by atoms with Crippen LogP contribution in [-0.4, -0.2) is 77.6 Å². The Balaban J connectivity index is 1.65. The Kier molecular flexibility index (Phi) is 7.36. The zero-order valence-electron chi connectivity index (χ0n) is 18.8. The number of carbonyl (C=O) groups is 2. The fourth-order valence-corrected chi connectivity index (χ4v) is 4.34. The van der Waals surface area contributed by atoms with E-state index in [0.717, 1.165) is 19.6 Å². The van der Waals surface area contributed by atoms with Crippen molar-refractivity contribution in [3.63, 3.8) is 0 Å². The fourth-order valence-electron chi connectivity index (χ4n) is 4.34. The van der Waals surface area contributed by atoms with Gasteiger partial charge in [0.1, 0.15) is 11.5 Å². The van der Waals surface area contributed by atoms with Crippen LogP contribution in [0, 0.1) is 0 Å². The highest BCUT2D eigenvalue weighted by Gasteiger charge is 2.46. The number of hydrogen-bond acceptors (Lipinski definition) is 7. The number of benzene rings is 1. The van der Waals surface area contributed by atoms with Crippen molar-refractivity contribution in [3.05, 3.63) is 65.5 Å². The first-order valence-electron chi connectivity index (χ1n) is 11.3. The van der Waals surface area contributed by atoms with Crippen LogP contribution >= 0.6 is 0 Å². The van der Waals surface area contributed by atoms with Crippen molar-refractivity contribution in [2.75, 3.05) is 46.0 Å². The average molecular weight is 452 g/mol. The molecule has 1 unspecified atom stereocenters. The van der Waals surface area contributed by atoms with E-state index in [-0.39, 0.29) is 11.3 Å². The van der Waals surface area contributed by atoms with E-state index in [2.05, 4.69) is 9.88 Å². The number of ketones is 1. The number of Topliss-reactive ketones (excluding diaryl/α,β-unsaturated/α-hetero) is 1. The average Bonchev–Trinajstić information content (AvgIpc) is 3.10. The van der Waals surface area contributed by atoms with Gasteiger partial charge in [0, 0.05) is 44.1 Å². The lowest BCUT2D eigenvalue weighted by atomic mass is 9.96. The monoisotopic (exact) mass is 451 g/mol. The molecular weight excluding hydrogens is 422 g/mol. The minimum Gasteiger partial charge on any atom is -0.507 e. The van der Waals surface area contributed by atoms with Crippen molar-refractivity contribution in [2.45, 2.75) is 19.4 Å². The molecule has 2 aliphatic rings. The maximum absolute atomic E-state index is 13.1. The molecule has 33 heavy (non-hydrogen) atoms. The Morgan fingerprint density at radius 2 is 2.00 bits per heavy atom. The van der Waals surface area contributed by atoms with Gasteiger partial charge < -0.3 is 19.5 Å². The van der Waals surface area contributed by atoms with Gasteiger partial charge in [0.25, 0.3) is 11.7 Å². The molecule has 174 valence electrons. The third-order valence-electron chi connectivity index (χ3n) is 5.94. The highest BCUT2D eigenvalue weighted by atomic mass is 16.5. The van der Waals surface area contributed by atoms with Crippen LogP contribution in [0.1, 0.15) is 30.5 Å². The quantitative estimate of drug-likeness (QED) is 0.375. The number of nitrogens with zero attached hydrogens (tertiary/aromatic N) is 3. The first kappa shape index (κ1) is 22.9. The number of aromatic nitrogens is 1. The number of ether oxygens (including phenoxy) is 2. The van der Waals surface area contributed by atoms with E-state index in [1.165, 1.54) is 0 Å². The number of carbonyl (C=O) groups excluding carboxylic acids is 2. The van der Waals surface area contributed by atoms with Gasteiger partial charge >= 0.3 is 0 Å². The summed E-state index contributed by atoms with van der Waals surface area (Å²) in [5, 5.41) is 11.2. The molecule has 2 fully saturated rings. The van der Waals surface area contributed by atoms with Crippen molar-refractivity contribution in [3.8, 4) is 5.75 Å². The van der Waals surface area contributed by atoms with E-state index in [9.17, 15) is 14.7 Å². The summed E-state index contributed by atoms with van der Waals surface area (Å²) in [6, 6.07) is 9.79. The van der Waals surface area contributed by atoms with E-state index in [1.807, 2.05) is 13.0 Å². The second kappa shape index (κ2) is 10.6. The molecule has 0 bridgehead atoms. The Morgan fingerprint density at radius 1 is 1.18 bits per heavy atom. The summed E-state index contributed by atoms with van der Waals surface area (Å²) in [6.45, 7) is 6.70. The fraction of sp³-hybridized carbons (Fsp3) is 0.400. The molecule has 0 radical (unpaired) electrons. The summed E-state index contributed by atoms with van der Waals surface area (Å²) in [5.74, 6) is -0.915. The van der Waals surface area contributed by atoms with Gasteiger partial charge in [0.15, 0.2) is 0 Å². The van der Waals surface area contributed by atoms with Crippen LogP contribution < -0.4 is 4.74 Å². The van der Waals surface area contributed by atoms with Gasteiger partial charge in [-0.1, -0.05) is 18.2 Å². The molecule has 1 aromatic heterocycles. The lowest BCUT2D eigenvalue weighted by molar-refractivity contribution is -0.140. The van der Waals surface area contributed by atoms with Gasteiger partial charge in [-0.25, -0.2) is 0 Å². The smallest absolute Gasteiger partial charge is 0.295 e. The number of pyridine rings is 1. The van der Waals surface area contributed by atoms with Crippen molar-refractivity contribution < 1.29 is 24.2 Å². The van der Waals surface area contributed by atoms with Crippen LogP contribution in [0.15, 0.2) is 54.4 Å². The molecule has 0 saturated carbocycles. The zero-order chi connectivity index (χ0) is 23.2. The SMILES string of the molecule is CCOc1cccc(C(O)=C2C(=O)C(=O)N(CCCN3CCOCC3)C2c2cccnc2)c1. The molecule has 1 amide bonds. The van der Waals surface area contributed by atoms with E-state index in [4.69, 9.17) is 9.47 Å². The highest BCUT2D eigenvalue weighted by molar-refractivity contribution is 6.46. The van der Waals surface area contributed by atoms with E-state index >= 15 is 0 Å². The standard InChI is InChI=1S/C25H29N3O5/c1-2-33-20-8-3-6-18(16-20)23(29)21-22(19-7-4-9-26-17-19)28(25(31)24(21)30)11-5-10-27-12-14-32-15-13-27/h3-4,6-9,16-17,22,29H,2,5,10-15H2,1H3. The van der Waals surface area contributed by atoms with Crippen LogP contribution in [0.3, 0.4) is 0 Å². The van der Waals surface area contributed by atoms with E-state index in [0.29, 0.717) is 49.7 Å². The van der Waals surface area contributed by atoms with Crippen LogP contribution in [0.25, 0.3) is 5.76 Å². The van der Waals surface area contributed by atoms with Gasteiger partial charge in [0.05, 0.1) is 31.4 Å². The molecule has 3 heterocycles. The van der Waals surface area contributed by atoms with Crippen LogP contribution in [0.2, 0.25) is 0 Å². The van der Waals surface area contributed by atoms with Crippen LogP contribution in [-0.2, 0) is 14.3 Å². The largest absolute Gasteiger partial charge is 0.507 e. The minimum absolute atomic E-state index is 0.0769. The van der Waals surface area contributed by atoms with E-state index in [1.54, 1.807) is 47.6 Å². The highest BCUT2D eigenvalue weighted by Crippen LogP contribution is 2.39. The molecule has 0 aliphatic carbocycles. The molecule has 8 heteroatoms. The number of morpholine rings is 1. The summed E-state index contributed by atoms with van der Waals surface area (Å²) >= 11 is 0. The number of rotatable bonds is 8. The number of amides is 1. The Labute approximate surface area is 193 Å². The van der Waals surface area contributed by atoms with Crippen LogP contribution in [0.5, 0.6) is 5.75 Å². The number of aliphatic hydroxyl groups is 1. The Morgan fingerprint density at radius 3 is 2.73 bits per heavy atom. The maximum atomic E-state index is 13.1. The molecule has 1 aromatic carbocycles. The lowest BCUT2D eigenvalue weighted by Gasteiger charge is -2.29. The number of hydrogen-bond donors (Lipinski definition) is 1. The molecule has 1 N–H and O–H groups in total. The number of likely N-dealkylation sites (tertiary alicyclic amines) is 1. The molecule has 2 aliphatic heterocycles. The summed E-state index contributed by atoms with van der Waals surface area (Å²) in [4.78, 5) is 34.2. The molecule has 1 atom stereocenters. The topological polar surface area (TPSA) is 92.2 Å². The summed E-state index contributed by atoms with van der Waals surface area (Å²) in [7, 11) is 0. The molecule has 8 nitrogen and oxygen atoms in total. The Bertz CT molecular complexity index is 1020. The van der Waals surface area contributed by atoms with Gasteiger partial charge in [0.2, 0.25) is 0 Å². The summed E-state index contributed by atoms with van der Waals surface area (Å²) in [6.07, 6.45) is 3.98. The summed E-state index contributed by atoms with van der Waals surface area (Å²) < 4.78 is 10.9. The molecule has 2 saturated heterocycles. The van der Waals surface area contributed by atoms with Crippen molar-refractivity contribution >= 4 is 17.4 Å². The van der Waals surface area contributed by atoms with Crippen molar-refractivity contribution in [1.82, 2.24) is 14.8 Å². The third-order valence-corrected chi connectivity index (χ3v) is 5.94. The second-order valence-electron chi connectivity index (χ2n) is 8.05. The van der Waals surface area contributed by atoms with Gasteiger partial charge in [-0.15, -0.1) is 0 Å². The van der Waals surface area contributed by atoms with Gasteiger partial charge in [-0.3, -0.25) is 19.5 Å². The summed E-state index contributed by atoms with van der Waals surface area (Å²) in [5.41, 5.74) is 1.19. The normalized spacial score (nSPS) is 20.9.